The molecule has 214 valence electrons. The smallest absolute Gasteiger partial charge is 0.261 e. The molecule has 1 aliphatic heterocycles. The number of ether oxygens (including phenoxy) is 1. The van der Waals surface area contributed by atoms with E-state index in [0.29, 0.717) is 35.9 Å². The maximum absolute atomic E-state index is 14.4. The number of thioether (sulfide) groups is 1. The van der Waals surface area contributed by atoms with Crippen molar-refractivity contribution >= 4 is 52.8 Å². The summed E-state index contributed by atoms with van der Waals surface area (Å²) in [6.07, 6.45) is 9.42. The third-order valence-corrected chi connectivity index (χ3v) is 6.63. The summed E-state index contributed by atoms with van der Waals surface area (Å²) in [5.74, 6) is 2.04. The van der Waals surface area contributed by atoms with Gasteiger partial charge >= 0.3 is 0 Å². The van der Waals surface area contributed by atoms with E-state index in [2.05, 4.69) is 52.3 Å². The Hall–Kier alpha value is -3.36. The van der Waals surface area contributed by atoms with Crippen LogP contribution in [-0.4, -0.2) is 51.2 Å². The summed E-state index contributed by atoms with van der Waals surface area (Å²) in [5.41, 5.74) is 0.753. The van der Waals surface area contributed by atoms with Crippen LogP contribution in [0.3, 0.4) is 0 Å². The van der Waals surface area contributed by atoms with Gasteiger partial charge in [-0.3, -0.25) is 9.59 Å². The van der Waals surface area contributed by atoms with Gasteiger partial charge in [-0.2, -0.15) is 15.0 Å². The molecule has 0 radical (unpaired) electrons. The largest absolute Gasteiger partial charge is 0.476 e. The molecule has 0 spiro atoms. The van der Waals surface area contributed by atoms with Crippen molar-refractivity contribution in [1.82, 2.24) is 15.0 Å². The van der Waals surface area contributed by atoms with Crippen LogP contribution in [0.4, 0.5) is 22.0 Å². The average molecular weight is 589 g/mol. The molecule has 1 aliphatic carbocycles. The molecule has 2 heterocycles. The Morgan fingerprint density at radius 2 is 1.75 bits per heavy atom. The average Bonchev–Trinajstić information content (AvgIpc) is 3.14. The van der Waals surface area contributed by atoms with E-state index in [4.69, 9.17) is 22.8 Å². The maximum atomic E-state index is 14.4. The second-order valence-electron chi connectivity index (χ2n) is 10.1. The first-order valence-electron chi connectivity index (χ1n) is 12.9. The Labute approximate surface area is 243 Å². The number of terminal acetylenes is 1. The number of nitrogens with zero attached hydrogens (tertiary/aromatic N) is 4. The number of rotatable bonds is 7. The maximum Gasteiger partial charge on any atom is 0.261 e. The summed E-state index contributed by atoms with van der Waals surface area (Å²) in [6.45, 7) is 10.7. The van der Waals surface area contributed by atoms with Crippen LogP contribution in [-0.2, 0) is 9.59 Å². The molecule has 0 saturated heterocycles. The highest BCUT2D eigenvalue weighted by molar-refractivity contribution is 7.98. The fraction of sp³-hybridized carbons (Fsp3) is 0.464. The third-order valence-electron chi connectivity index (χ3n) is 5.79. The van der Waals surface area contributed by atoms with Crippen LogP contribution in [0.1, 0.15) is 60.3 Å². The predicted octanol–water partition coefficient (Wildman–Crippen LogP) is 5.86. The standard InChI is InChI=1S/C18H15ClFNO3.C10H19N5S/c1-3-10(2)24-16-9-15(14(20)8-13(16)19)21-17(22)11-6-4-5-7-12(11)18(21)23;1-6-11-7-12-8(15-10(2,3)4)14-9(13-7)16-5/h1,8-10H,4-7H2,2H3;6H2,1-5H3,(H2,11,12,13,14,15). The molecular formula is C28H34ClFN6O3S. The Balaban J connectivity index is 0.000000241. The molecule has 1 aromatic heterocycles. The Bertz CT molecular complexity index is 1330. The van der Waals surface area contributed by atoms with Gasteiger partial charge in [0.15, 0.2) is 11.3 Å². The van der Waals surface area contributed by atoms with Gasteiger partial charge in [0.25, 0.3) is 11.8 Å². The minimum atomic E-state index is -0.762. The minimum Gasteiger partial charge on any atom is -0.476 e. The summed E-state index contributed by atoms with van der Waals surface area (Å²) in [4.78, 5) is 38.8. The van der Waals surface area contributed by atoms with E-state index in [-0.39, 0.29) is 22.0 Å². The Kier molecular flexibility index (Phi) is 10.4. The van der Waals surface area contributed by atoms with E-state index in [1.807, 2.05) is 13.2 Å². The topological polar surface area (TPSA) is 109 Å². The van der Waals surface area contributed by atoms with Gasteiger partial charge in [-0.15, -0.1) is 6.42 Å². The van der Waals surface area contributed by atoms with Gasteiger partial charge in [-0.25, -0.2) is 9.29 Å². The van der Waals surface area contributed by atoms with Crippen LogP contribution in [0, 0.1) is 18.2 Å². The number of hydrogen-bond acceptors (Lipinski definition) is 9. The SMILES string of the molecule is C#CC(C)Oc1cc(N2C(=O)C3=C(CCCC3)C2=O)c(F)cc1Cl.CCNc1nc(NC(C)(C)C)nc(SC)n1. The lowest BCUT2D eigenvalue weighted by atomic mass is 9.93. The zero-order valence-corrected chi connectivity index (χ0v) is 25.1. The lowest BCUT2D eigenvalue weighted by Crippen LogP contribution is -2.32. The van der Waals surface area contributed by atoms with Gasteiger partial charge in [0.2, 0.25) is 11.9 Å². The lowest BCUT2D eigenvalue weighted by molar-refractivity contribution is -0.120. The number of aromatic nitrogens is 3. The number of benzene rings is 1. The first kappa shape index (κ1) is 31.2. The van der Waals surface area contributed by atoms with Crippen molar-refractivity contribution in [2.75, 3.05) is 28.3 Å². The van der Waals surface area contributed by atoms with E-state index in [1.165, 1.54) is 17.8 Å². The summed E-state index contributed by atoms with van der Waals surface area (Å²) < 4.78 is 19.8. The van der Waals surface area contributed by atoms with Crippen molar-refractivity contribution in [3.63, 3.8) is 0 Å². The predicted molar refractivity (Wildman–Crippen MR) is 157 cm³/mol. The number of carbonyl (C=O) groups excluding carboxylic acids is 2. The molecule has 9 nitrogen and oxygen atoms in total. The second kappa shape index (κ2) is 13.3. The number of carbonyl (C=O) groups is 2. The van der Waals surface area contributed by atoms with Crippen molar-refractivity contribution in [2.24, 2.45) is 0 Å². The molecule has 40 heavy (non-hydrogen) atoms. The fourth-order valence-corrected chi connectivity index (χ4v) is 4.59. The van der Waals surface area contributed by atoms with Crippen LogP contribution in [0.5, 0.6) is 5.75 Å². The van der Waals surface area contributed by atoms with E-state index >= 15 is 0 Å². The number of hydrogen-bond donors (Lipinski definition) is 2. The lowest BCUT2D eigenvalue weighted by Gasteiger charge is -2.20. The summed E-state index contributed by atoms with van der Waals surface area (Å²) in [7, 11) is 0. The molecule has 2 aliphatic rings. The molecule has 0 saturated carbocycles. The molecule has 0 bridgehead atoms. The molecule has 2 amide bonds. The van der Waals surface area contributed by atoms with Gasteiger partial charge in [0.1, 0.15) is 11.6 Å². The van der Waals surface area contributed by atoms with E-state index in [1.54, 1.807) is 6.92 Å². The van der Waals surface area contributed by atoms with Gasteiger partial charge in [-0.1, -0.05) is 29.3 Å². The zero-order valence-electron chi connectivity index (χ0n) is 23.5. The Morgan fingerprint density at radius 3 is 2.27 bits per heavy atom. The van der Waals surface area contributed by atoms with Crippen LogP contribution < -0.4 is 20.3 Å². The quantitative estimate of drug-likeness (QED) is 0.233. The number of imide groups is 1. The normalized spacial score (nSPS) is 15.6. The van der Waals surface area contributed by atoms with Crippen LogP contribution in [0.2, 0.25) is 5.02 Å². The highest BCUT2D eigenvalue weighted by Crippen LogP contribution is 2.39. The van der Waals surface area contributed by atoms with Gasteiger partial charge in [0, 0.05) is 29.3 Å². The molecule has 2 aromatic rings. The van der Waals surface area contributed by atoms with Crippen molar-refractivity contribution in [1.29, 1.82) is 0 Å². The first-order valence-corrected chi connectivity index (χ1v) is 14.5. The van der Waals surface area contributed by atoms with Crippen molar-refractivity contribution in [3.05, 3.63) is 34.1 Å². The number of halogens is 2. The number of nitrogens with one attached hydrogen (secondary N) is 2. The number of anilines is 3. The van der Waals surface area contributed by atoms with Crippen molar-refractivity contribution in [2.45, 2.75) is 77.1 Å². The summed E-state index contributed by atoms with van der Waals surface area (Å²) >= 11 is 7.48. The van der Waals surface area contributed by atoms with Crippen LogP contribution in [0.25, 0.3) is 0 Å². The highest BCUT2D eigenvalue weighted by atomic mass is 35.5. The molecule has 4 rings (SSSR count). The first-order chi connectivity index (χ1) is 18.9. The Morgan fingerprint density at radius 1 is 1.15 bits per heavy atom. The summed E-state index contributed by atoms with van der Waals surface area (Å²) in [5, 5.41) is 7.08. The highest BCUT2D eigenvalue weighted by Gasteiger charge is 2.41. The van der Waals surface area contributed by atoms with Gasteiger partial charge < -0.3 is 15.4 Å². The van der Waals surface area contributed by atoms with Crippen LogP contribution >= 0.6 is 23.4 Å². The second-order valence-corrected chi connectivity index (χ2v) is 11.3. The van der Waals surface area contributed by atoms with Crippen molar-refractivity contribution < 1.29 is 18.7 Å². The number of amides is 2. The minimum absolute atomic E-state index is 0.0233. The van der Waals surface area contributed by atoms with E-state index in [0.717, 1.165) is 35.5 Å². The molecular weight excluding hydrogens is 555 g/mol. The van der Waals surface area contributed by atoms with E-state index < -0.39 is 23.7 Å². The van der Waals surface area contributed by atoms with Gasteiger partial charge in [-0.05, 0) is 72.6 Å². The molecule has 0 fully saturated rings. The monoisotopic (exact) mass is 588 g/mol. The molecule has 12 heteroatoms. The van der Waals surface area contributed by atoms with Crippen molar-refractivity contribution in [3.8, 4) is 18.1 Å². The fourth-order valence-electron chi connectivity index (χ4n) is 4.04. The van der Waals surface area contributed by atoms with E-state index in [9.17, 15) is 14.0 Å². The molecule has 2 N–H and O–H groups in total. The molecule has 1 unspecified atom stereocenters. The van der Waals surface area contributed by atoms with Gasteiger partial charge in [0.05, 0.1) is 10.7 Å². The molecule has 1 aromatic carbocycles. The summed E-state index contributed by atoms with van der Waals surface area (Å²) in [6, 6.07) is 2.27. The molecule has 1 atom stereocenters. The third kappa shape index (κ3) is 7.64. The van der Waals surface area contributed by atoms with Crippen LogP contribution in [0.15, 0.2) is 28.4 Å². The zero-order chi connectivity index (χ0) is 29.6.